The maximum atomic E-state index is 11.5. The van der Waals surface area contributed by atoms with Crippen LogP contribution in [-0.2, 0) is 9.59 Å². The number of benzene rings is 2. The summed E-state index contributed by atoms with van der Waals surface area (Å²) in [4.78, 5) is 31.4. The summed E-state index contributed by atoms with van der Waals surface area (Å²) in [6.07, 6.45) is 1.43. The van der Waals surface area contributed by atoms with Crippen molar-refractivity contribution in [3.05, 3.63) is 53.7 Å². The van der Waals surface area contributed by atoms with Gasteiger partial charge in [0.15, 0.2) is 5.82 Å². The van der Waals surface area contributed by atoms with E-state index in [1.54, 1.807) is 36.4 Å². The predicted molar refractivity (Wildman–Crippen MR) is 123 cm³/mol. The second-order valence-electron chi connectivity index (χ2n) is 6.49. The molecule has 2 aromatic carbocycles. The zero-order chi connectivity index (χ0) is 23.1. The summed E-state index contributed by atoms with van der Waals surface area (Å²) < 4.78 is 5.36. The minimum Gasteiger partial charge on any atom is -0.494 e. The summed E-state index contributed by atoms with van der Waals surface area (Å²) in [6, 6.07) is 12.0. The highest BCUT2D eigenvalue weighted by molar-refractivity contribution is 6.33. The highest BCUT2D eigenvalue weighted by Gasteiger charge is 2.12. The van der Waals surface area contributed by atoms with Crippen LogP contribution in [0.1, 0.15) is 6.92 Å². The van der Waals surface area contributed by atoms with Gasteiger partial charge in [0.2, 0.25) is 17.8 Å². The van der Waals surface area contributed by atoms with Crippen molar-refractivity contribution in [2.45, 2.75) is 6.92 Å². The summed E-state index contributed by atoms with van der Waals surface area (Å²) >= 11 is 6.26. The third-order valence-electron chi connectivity index (χ3n) is 4.11. The SMILES string of the molecule is COc1cc(NC(=O)CO)ccc1Nc1ncc(Cl)c(Nc2ccccc2NC(C)=O)n1. The number of hydrogen-bond acceptors (Lipinski definition) is 8. The molecule has 1 heterocycles. The van der Waals surface area contributed by atoms with Gasteiger partial charge in [-0.1, -0.05) is 23.7 Å². The molecule has 0 saturated heterocycles. The molecule has 10 nitrogen and oxygen atoms in total. The van der Waals surface area contributed by atoms with E-state index in [4.69, 9.17) is 21.4 Å². The van der Waals surface area contributed by atoms with Gasteiger partial charge in [0.1, 0.15) is 17.4 Å². The molecule has 32 heavy (non-hydrogen) atoms. The average molecular weight is 457 g/mol. The molecule has 0 fully saturated rings. The van der Waals surface area contributed by atoms with Gasteiger partial charge in [-0.15, -0.1) is 0 Å². The first-order valence-corrected chi connectivity index (χ1v) is 9.79. The number of para-hydroxylation sites is 2. The molecule has 1 aromatic heterocycles. The lowest BCUT2D eigenvalue weighted by Crippen LogP contribution is -2.15. The smallest absolute Gasteiger partial charge is 0.250 e. The highest BCUT2D eigenvalue weighted by atomic mass is 35.5. The number of ether oxygens (including phenoxy) is 1. The van der Waals surface area contributed by atoms with Gasteiger partial charge >= 0.3 is 0 Å². The summed E-state index contributed by atoms with van der Waals surface area (Å²) in [5.41, 5.74) is 2.18. The fourth-order valence-corrected chi connectivity index (χ4v) is 2.86. The predicted octanol–water partition coefficient (Wildman–Crippen LogP) is 3.52. The van der Waals surface area contributed by atoms with E-state index < -0.39 is 12.5 Å². The lowest BCUT2D eigenvalue weighted by molar-refractivity contribution is -0.118. The molecule has 0 aliphatic heterocycles. The minimum absolute atomic E-state index is 0.207. The van der Waals surface area contributed by atoms with Crippen molar-refractivity contribution in [2.75, 3.05) is 35.0 Å². The maximum absolute atomic E-state index is 11.5. The number of anilines is 6. The molecular weight excluding hydrogens is 436 g/mol. The maximum Gasteiger partial charge on any atom is 0.250 e. The lowest BCUT2D eigenvalue weighted by atomic mass is 10.2. The van der Waals surface area contributed by atoms with E-state index in [-0.39, 0.29) is 16.9 Å². The van der Waals surface area contributed by atoms with Gasteiger partial charge in [0.25, 0.3) is 0 Å². The van der Waals surface area contributed by atoms with Crippen molar-refractivity contribution in [1.82, 2.24) is 9.97 Å². The molecule has 11 heteroatoms. The van der Waals surface area contributed by atoms with Gasteiger partial charge in [-0.25, -0.2) is 4.98 Å². The first-order chi connectivity index (χ1) is 15.4. The zero-order valence-electron chi connectivity index (χ0n) is 17.3. The molecule has 2 amide bonds. The normalized spacial score (nSPS) is 10.2. The molecule has 0 spiro atoms. The third kappa shape index (κ3) is 5.84. The van der Waals surface area contributed by atoms with Gasteiger partial charge in [-0.3, -0.25) is 9.59 Å². The molecule has 0 bridgehead atoms. The van der Waals surface area contributed by atoms with Gasteiger partial charge in [-0.2, -0.15) is 4.98 Å². The molecule has 0 unspecified atom stereocenters. The Bertz CT molecular complexity index is 1140. The Hall–Kier alpha value is -3.89. The van der Waals surface area contributed by atoms with Crippen LogP contribution in [0.2, 0.25) is 5.02 Å². The zero-order valence-corrected chi connectivity index (χ0v) is 18.0. The molecule has 0 saturated carbocycles. The molecular formula is C21H21ClN6O4. The van der Waals surface area contributed by atoms with E-state index in [0.717, 1.165) is 0 Å². The Labute approximate surface area is 189 Å². The second kappa shape index (κ2) is 10.4. The van der Waals surface area contributed by atoms with Gasteiger partial charge in [0.05, 0.1) is 30.4 Å². The molecule has 5 N–H and O–H groups in total. The first-order valence-electron chi connectivity index (χ1n) is 9.41. The van der Waals surface area contributed by atoms with Crippen LogP contribution in [0, 0.1) is 0 Å². The van der Waals surface area contributed by atoms with E-state index in [0.29, 0.717) is 34.3 Å². The average Bonchev–Trinajstić information content (AvgIpc) is 2.77. The van der Waals surface area contributed by atoms with Crippen LogP contribution in [-0.4, -0.2) is 40.6 Å². The molecule has 3 aromatic rings. The van der Waals surface area contributed by atoms with Crippen LogP contribution in [0.25, 0.3) is 0 Å². The Morgan fingerprint density at radius 3 is 2.50 bits per heavy atom. The molecule has 0 atom stereocenters. The van der Waals surface area contributed by atoms with E-state index in [2.05, 4.69) is 31.2 Å². The van der Waals surface area contributed by atoms with Crippen molar-refractivity contribution in [3.8, 4) is 5.75 Å². The van der Waals surface area contributed by atoms with Crippen LogP contribution in [0.5, 0.6) is 5.75 Å². The number of nitrogens with one attached hydrogen (secondary N) is 4. The fraction of sp³-hybridized carbons (Fsp3) is 0.143. The number of halogens is 1. The number of aromatic nitrogens is 2. The van der Waals surface area contributed by atoms with Crippen LogP contribution < -0.4 is 26.0 Å². The van der Waals surface area contributed by atoms with E-state index in [1.165, 1.54) is 20.2 Å². The number of carbonyl (C=O) groups excluding carboxylic acids is 2. The van der Waals surface area contributed by atoms with Crippen LogP contribution in [0.15, 0.2) is 48.7 Å². The van der Waals surface area contributed by atoms with Crippen molar-refractivity contribution in [1.29, 1.82) is 0 Å². The number of hydrogen-bond donors (Lipinski definition) is 5. The Balaban J connectivity index is 1.84. The van der Waals surface area contributed by atoms with E-state index in [9.17, 15) is 9.59 Å². The van der Waals surface area contributed by atoms with Crippen molar-refractivity contribution in [3.63, 3.8) is 0 Å². The van der Waals surface area contributed by atoms with Crippen molar-refractivity contribution in [2.24, 2.45) is 0 Å². The van der Waals surface area contributed by atoms with Crippen molar-refractivity contribution >= 4 is 57.9 Å². The van der Waals surface area contributed by atoms with Crippen LogP contribution in [0.3, 0.4) is 0 Å². The summed E-state index contributed by atoms with van der Waals surface area (Å²) in [6.45, 7) is 0.798. The molecule has 0 aliphatic rings. The van der Waals surface area contributed by atoms with Crippen LogP contribution in [0.4, 0.5) is 34.5 Å². The number of aliphatic hydroxyl groups excluding tert-OH is 1. The number of methoxy groups -OCH3 is 1. The second-order valence-corrected chi connectivity index (χ2v) is 6.90. The molecule has 3 rings (SSSR count). The standard InChI is InChI=1S/C21H21ClN6O4/c1-12(30)24-15-5-3-4-6-16(15)26-20-14(22)10-23-21(28-20)27-17-8-7-13(9-18(17)32-2)25-19(31)11-29/h3-10,29H,11H2,1-2H3,(H,24,30)(H,25,31)(H2,23,26,27,28). The summed E-state index contributed by atoms with van der Waals surface area (Å²) in [5.74, 6) is 0.238. The first kappa shape index (κ1) is 22.8. The van der Waals surface area contributed by atoms with Crippen molar-refractivity contribution < 1.29 is 19.4 Å². The van der Waals surface area contributed by atoms with E-state index in [1.807, 2.05) is 6.07 Å². The molecule has 0 radical (unpaired) electrons. The summed E-state index contributed by atoms with van der Waals surface area (Å²) in [5, 5.41) is 20.6. The Morgan fingerprint density at radius 2 is 1.81 bits per heavy atom. The number of aliphatic hydroxyl groups is 1. The van der Waals surface area contributed by atoms with Gasteiger partial charge < -0.3 is 31.1 Å². The summed E-state index contributed by atoms with van der Waals surface area (Å²) in [7, 11) is 1.48. The number of carbonyl (C=O) groups is 2. The van der Waals surface area contributed by atoms with Gasteiger partial charge in [-0.05, 0) is 24.3 Å². The van der Waals surface area contributed by atoms with Gasteiger partial charge in [0, 0.05) is 18.7 Å². The lowest BCUT2D eigenvalue weighted by Gasteiger charge is -2.15. The largest absolute Gasteiger partial charge is 0.494 e. The molecule has 166 valence electrons. The Kier molecular flexibility index (Phi) is 7.42. The number of nitrogens with zero attached hydrogens (tertiary/aromatic N) is 2. The highest BCUT2D eigenvalue weighted by Crippen LogP contribution is 2.32. The Morgan fingerprint density at radius 1 is 1.06 bits per heavy atom. The quantitative estimate of drug-likeness (QED) is 0.347. The van der Waals surface area contributed by atoms with E-state index >= 15 is 0 Å². The minimum atomic E-state index is -0.623. The number of rotatable bonds is 8. The molecule has 0 aliphatic carbocycles. The fourth-order valence-electron chi connectivity index (χ4n) is 2.73. The monoisotopic (exact) mass is 456 g/mol. The third-order valence-corrected chi connectivity index (χ3v) is 4.39. The van der Waals surface area contributed by atoms with Crippen LogP contribution >= 0.6 is 11.6 Å². The topological polar surface area (TPSA) is 138 Å². The number of amides is 2.